The zero-order valence-electron chi connectivity index (χ0n) is 15.3. The van der Waals surface area contributed by atoms with Gasteiger partial charge in [0.2, 0.25) is 0 Å². The fourth-order valence-corrected chi connectivity index (χ4v) is 3.45. The lowest BCUT2D eigenvalue weighted by Crippen LogP contribution is -2.43. The number of hydrogen-bond donors (Lipinski definition) is 2. The number of aliphatic hydroxyl groups is 1. The third-order valence-corrected chi connectivity index (χ3v) is 5.06. The molecule has 0 saturated heterocycles. The third kappa shape index (κ3) is 4.05. The van der Waals surface area contributed by atoms with E-state index < -0.39 is 6.10 Å². The maximum absolute atomic E-state index is 12.5. The number of aliphatic hydroxyl groups excluding tert-OH is 1. The summed E-state index contributed by atoms with van der Waals surface area (Å²) in [5.74, 6) is 0.00572. The summed E-state index contributed by atoms with van der Waals surface area (Å²) >= 11 is 1.59. The molecule has 0 spiro atoms. The molecule has 0 saturated carbocycles. The highest BCUT2D eigenvalue weighted by Crippen LogP contribution is 2.26. The monoisotopic (exact) mass is 349 g/mol. The molecular formula is C18H27N3O2S. The van der Waals surface area contributed by atoms with Crippen molar-refractivity contribution in [2.75, 3.05) is 6.54 Å². The number of nitrogens with one attached hydrogen (secondary N) is 1. The fraction of sp³-hybridized carbons (Fsp3) is 0.556. The van der Waals surface area contributed by atoms with E-state index in [2.05, 4.69) is 10.3 Å². The molecule has 6 heteroatoms. The van der Waals surface area contributed by atoms with Crippen LogP contribution in [0, 0.1) is 18.3 Å². The molecule has 2 aromatic rings. The Morgan fingerprint density at radius 1 is 1.46 bits per heavy atom. The molecule has 0 fully saturated rings. The van der Waals surface area contributed by atoms with Gasteiger partial charge in [0.05, 0.1) is 16.8 Å². The third-order valence-electron chi connectivity index (χ3n) is 4.29. The predicted octanol–water partition coefficient (Wildman–Crippen LogP) is 3.23. The molecular weight excluding hydrogens is 322 g/mol. The molecule has 1 unspecified atom stereocenters. The van der Waals surface area contributed by atoms with Crippen molar-refractivity contribution in [2.45, 2.75) is 40.7 Å². The molecule has 0 aliphatic heterocycles. The number of amides is 1. The van der Waals surface area contributed by atoms with Crippen molar-refractivity contribution < 1.29 is 9.90 Å². The topological polar surface area (TPSA) is 67.2 Å². The highest BCUT2D eigenvalue weighted by atomic mass is 32.1. The van der Waals surface area contributed by atoms with Gasteiger partial charge in [-0.1, -0.05) is 27.7 Å². The van der Waals surface area contributed by atoms with Crippen molar-refractivity contribution in [1.29, 1.82) is 0 Å². The van der Waals surface area contributed by atoms with Crippen LogP contribution < -0.4 is 5.32 Å². The molecule has 2 rings (SSSR count). The van der Waals surface area contributed by atoms with Crippen LogP contribution >= 0.6 is 11.3 Å². The van der Waals surface area contributed by atoms with E-state index in [4.69, 9.17) is 0 Å². The molecule has 2 heterocycles. The molecule has 132 valence electrons. The summed E-state index contributed by atoms with van der Waals surface area (Å²) < 4.78 is 1.81. The molecule has 2 N–H and O–H groups in total. The second kappa shape index (κ2) is 7.07. The zero-order valence-corrected chi connectivity index (χ0v) is 16.1. The Hall–Kier alpha value is -1.66. The van der Waals surface area contributed by atoms with E-state index >= 15 is 0 Å². The average molecular weight is 350 g/mol. The van der Waals surface area contributed by atoms with E-state index in [0.717, 1.165) is 16.3 Å². The summed E-state index contributed by atoms with van der Waals surface area (Å²) in [4.78, 5) is 17.0. The number of nitrogens with zero attached hydrogens (tertiary/aromatic N) is 2. The van der Waals surface area contributed by atoms with E-state index in [-0.39, 0.29) is 17.2 Å². The SMILES string of the molecule is Cc1nc(-c2cc(C(=O)NCC(C)(C)C(O)C(C)C)n(C)c2)cs1. The van der Waals surface area contributed by atoms with Crippen LogP contribution in [-0.2, 0) is 7.05 Å². The van der Waals surface area contributed by atoms with Gasteiger partial charge in [-0.15, -0.1) is 11.3 Å². The van der Waals surface area contributed by atoms with Crippen LogP contribution in [0.15, 0.2) is 17.6 Å². The van der Waals surface area contributed by atoms with Crippen LogP contribution in [0.5, 0.6) is 0 Å². The highest BCUT2D eigenvalue weighted by molar-refractivity contribution is 7.09. The minimum absolute atomic E-state index is 0.139. The van der Waals surface area contributed by atoms with E-state index in [9.17, 15) is 9.90 Å². The summed E-state index contributed by atoms with van der Waals surface area (Å²) in [5.41, 5.74) is 2.03. The summed E-state index contributed by atoms with van der Waals surface area (Å²) in [6.07, 6.45) is 1.44. The number of aromatic nitrogens is 2. The van der Waals surface area contributed by atoms with Gasteiger partial charge in [0, 0.05) is 36.1 Å². The van der Waals surface area contributed by atoms with Gasteiger partial charge >= 0.3 is 0 Å². The first kappa shape index (κ1) is 18.7. The number of rotatable bonds is 6. The first-order valence-electron chi connectivity index (χ1n) is 8.17. The average Bonchev–Trinajstić information content (AvgIpc) is 3.10. The van der Waals surface area contributed by atoms with Crippen LogP contribution in [0.25, 0.3) is 11.3 Å². The Morgan fingerprint density at radius 2 is 2.12 bits per heavy atom. The first-order valence-corrected chi connectivity index (χ1v) is 9.05. The van der Waals surface area contributed by atoms with Crippen molar-refractivity contribution >= 4 is 17.2 Å². The van der Waals surface area contributed by atoms with Crippen LogP contribution in [0.2, 0.25) is 0 Å². The van der Waals surface area contributed by atoms with Crippen LogP contribution in [0.1, 0.15) is 43.2 Å². The van der Waals surface area contributed by atoms with Crippen molar-refractivity contribution in [1.82, 2.24) is 14.9 Å². The van der Waals surface area contributed by atoms with Crippen molar-refractivity contribution in [2.24, 2.45) is 18.4 Å². The highest BCUT2D eigenvalue weighted by Gasteiger charge is 2.30. The van der Waals surface area contributed by atoms with Gasteiger partial charge < -0.3 is 15.0 Å². The maximum atomic E-state index is 12.5. The molecule has 0 aromatic carbocycles. The van der Waals surface area contributed by atoms with E-state index in [1.54, 1.807) is 11.3 Å². The van der Waals surface area contributed by atoms with Gasteiger partial charge in [-0.25, -0.2) is 4.98 Å². The molecule has 0 radical (unpaired) electrons. The van der Waals surface area contributed by atoms with Gasteiger partial charge in [0.25, 0.3) is 5.91 Å². The number of hydrogen-bond acceptors (Lipinski definition) is 4. The van der Waals surface area contributed by atoms with E-state index in [1.807, 2.05) is 63.9 Å². The minimum Gasteiger partial charge on any atom is -0.392 e. The lowest BCUT2D eigenvalue weighted by atomic mass is 9.80. The molecule has 24 heavy (non-hydrogen) atoms. The van der Waals surface area contributed by atoms with Crippen LogP contribution in [0.4, 0.5) is 0 Å². The summed E-state index contributed by atoms with van der Waals surface area (Å²) in [5, 5.41) is 16.2. The second-order valence-corrected chi connectivity index (χ2v) is 8.40. The molecule has 5 nitrogen and oxygen atoms in total. The fourth-order valence-electron chi connectivity index (χ4n) is 2.83. The van der Waals surface area contributed by atoms with Crippen LogP contribution in [-0.4, -0.2) is 33.2 Å². The Bertz CT molecular complexity index is 716. The first-order chi connectivity index (χ1) is 11.1. The lowest BCUT2D eigenvalue weighted by Gasteiger charge is -2.33. The molecule has 0 aliphatic carbocycles. The van der Waals surface area contributed by atoms with E-state index in [1.165, 1.54) is 0 Å². The largest absolute Gasteiger partial charge is 0.392 e. The zero-order chi connectivity index (χ0) is 18.1. The number of carbonyl (C=O) groups excluding carboxylic acids is 1. The van der Waals surface area contributed by atoms with Gasteiger partial charge in [-0.2, -0.15) is 0 Å². The van der Waals surface area contributed by atoms with Crippen molar-refractivity contribution in [3.8, 4) is 11.3 Å². The Kier molecular flexibility index (Phi) is 5.50. The summed E-state index contributed by atoms with van der Waals surface area (Å²) in [6, 6.07) is 1.86. The van der Waals surface area contributed by atoms with Crippen molar-refractivity contribution in [3.05, 3.63) is 28.3 Å². The molecule has 1 atom stereocenters. The van der Waals surface area contributed by atoms with Crippen LogP contribution in [0.3, 0.4) is 0 Å². The molecule has 0 bridgehead atoms. The van der Waals surface area contributed by atoms with Gasteiger partial charge in [0.15, 0.2) is 0 Å². The Balaban J connectivity index is 2.09. The van der Waals surface area contributed by atoms with Gasteiger partial charge in [0.1, 0.15) is 5.69 Å². The smallest absolute Gasteiger partial charge is 0.267 e. The van der Waals surface area contributed by atoms with Crippen molar-refractivity contribution in [3.63, 3.8) is 0 Å². The molecule has 1 amide bonds. The number of aryl methyl sites for hydroxylation is 2. The lowest BCUT2D eigenvalue weighted by molar-refractivity contribution is 0.0137. The van der Waals surface area contributed by atoms with Gasteiger partial charge in [-0.05, 0) is 18.9 Å². The van der Waals surface area contributed by atoms with E-state index in [0.29, 0.717) is 12.2 Å². The summed E-state index contributed by atoms with van der Waals surface area (Å²) in [6.45, 7) is 10.3. The quantitative estimate of drug-likeness (QED) is 0.841. The second-order valence-electron chi connectivity index (χ2n) is 7.34. The molecule has 0 aliphatic rings. The minimum atomic E-state index is -0.472. The maximum Gasteiger partial charge on any atom is 0.267 e. The predicted molar refractivity (Wildman–Crippen MR) is 98.2 cm³/mol. The number of carbonyl (C=O) groups is 1. The Labute approximate surface area is 147 Å². The Morgan fingerprint density at radius 3 is 2.67 bits per heavy atom. The summed E-state index contributed by atoms with van der Waals surface area (Å²) in [7, 11) is 1.85. The van der Waals surface area contributed by atoms with Gasteiger partial charge in [-0.3, -0.25) is 4.79 Å². The standard InChI is InChI=1S/C18H27N3O2S/c1-11(2)16(22)18(4,5)10-19-17(23)15-7-13(8-21(15)6)14-9-24-12(3)20-14/h7-9,11,16,22H,10H2,1-6H3,(H,19,23). The molecule has 2 aromatic heterocycles. The number of thiazole rings is 1. The normalized spacial score (nSPS) is 13.3.